The number of anilines is 2. The molecule has 0 unspecified atom stereocenters. The fourth-order valence-corrected chi connectivity index (χ4v) is 1.92. The average molecular weight is 271 g/mol. The van der Waals surface area contributed by atoms with Gasteiger partial charge < -0.3 is 10.4 Å². The first kappa shape index (κ1) is 14.0. The molecule has 1 aromatic heterocycles. The van der Waals surface area contributed by atoms with Gasteiger partial charge >= 0.3 is 5.97 Å². The number of hydrogen-bond donors (Lipinski definition) is 2. The van der Waals surface area contributed by atoms with Crippen molar-refractivity contribution in [1.29, 1.82) is 0 Å². The van der Waals surface area contributed by atoms with Crippen LogP contribution in [0.2, 0.25) is 0 Å². The highest BCUT2D eigenvalue weighted by molar-refractivity contribution is 5.88. The van der Waals surface area contributed by atoms with Crippen molar-refractivity contribution in [1.82, 2.24) is 9.97 Å². The van der Waals surface area contributed by atoms with Crippen molar-refractivity contribution in [3.05, 3.63) is 47.4 Å². The summed E-state index contributed by atoms with van der Waals surface area (Å²) in [6, 6.07) is 8.49. The van der Waals surface area contributed by atoms with E-state index >= 15 is 0 Å². The first-order valence-corrected chi connectivity index (χ1v) is 6.53. The molecular weight excluding hydrogens is 254 g/mol. The van der Waals surface area contributed by atoms with Crippen molar-refractivity contribution in [2.24, 2.45) is 0 Å². The second-order valence-electron chi connectivity index (χ2n) is 4.55. The van der Waals surface area contributed by atoms with E-state index in [0.717, 1.165) is 35.9 Å². The maximum atomic E-state index is 10.8. The van der Waals surface area contributed by atoms with Gasteiger partial charge in [-0.25, -0.2) is 14.8 Å². The van der Waals surface area contributed by atoms with Crippen LogP contribution in [-0.2, 0) is 6.42 Å². The molecule has 0 spiro atoms. The SMILES string of the molecule is CCCc1cc(Nc2ccc(C(=O)O)cc2)nc(C)n1. The smallest absolute Gasteiger partial charge is 0.335 e. The van der Waals surface area contributed by atoms with E-state index in [-0.39, 0.29) is 5.56 Å². The van der Waals surface area contributed by atoms with Crippen LogP contribution in [0.15, 0.2) is 30.3 Å². The summed E-state index contributed by atoms with van der Waals surface area (Å²) in [5.74, 6) is 0.518. The summed E-state index contributed by atoms with van der Waals surface area (Å²) in [5, 5.41) is 12.0. The third kappa shape index (κ3) is 3.54. The molecule has 0 bridgehead atoms. The van der Waals surface area contributed by atoms with Crippen molar-refractivity contribution >= 4 is 17.5 Å². The molecule has 2 rings (SSSR count). The quantitative estimate of drug-likeness (QED) is 0.873. The summed E-state index contributed by atoms with van der Waals surface area (Å²) in [5.41, 5.74) is 2.07. The number of nitrogens with zero attached hydrogens (tertiary/aromatic N) is 2. The van der Waals surface area contributed by atoms with Crippen LogP contribution in [0.25, 0.3) is 0 Å². The first-order chi connectivity index (χ1) is 9.58. The van der Waals surface area contributed by atoms with Crippen LogP contribution in [0.1, 0.15) is 35.2 Å². The molecule has 0 aliphatic heterocycles. The number of carboxylic acids is 1. The minimum Gasteiger partial charge on any atom is -0.478 e. The Labute approximate surface area is 117 Å². The predicted octanol–water partition coefficient (Wildman–Crippen LogP) is 3.18. The van der Waals surface area contributed by atoms with Gasteiger partial charge in [-0.3, -0.25) is 0 Å². The molecule has 1 aromatic carbocycles. The summed E-state index contributed by atoms with van der Waals surface area (Å²) < 4.78 is 0. The summed E-state index contributed by atoms with van der Waals surface area (Å²) in [6.45, 7) is 3.97. The van der Waals surface area contributed by atoms with Crippen LogP contribution >= 0.6 is 0 Å². The van der Waals surface area contributed by atoms with E-state index in [0.29, 0.717) is 0 Å². The van der Waals surface area contributed by atoms with Gasteiger partial charge in [-0.2, -0.15) is 0 Å². The molecule has 0 saturated carbocycles. The Morgan fingerprint density at radius 2 is 1.95 bits per heavy atom. The summed E-state index contributed by atoms with van der Waals surface area (Å²) in [7, 11) is 0. The zero-order valence-corrected chi connectivity index (χ0v) is 11.6. The number of benzene rings is 1. The minimum absolute atomic E-state index is 0.265. The van der Waals surface area contributed by atoms with Gasteiger partial charge in [-0.15, -0.1) is 0 Å². The predicted molar refractivity (Wildman–Crippen MR) is 77.4 cm³/mol. The molecule has 104 valence electrons. The van der Waals surface area contributed by atoms with Gasteiger partial charge in [-0.1, -0.05) is 13.3 Å². The Kier molecular flexibility index (Phi) is 4.30. The maximum Gasteiger partial charge on any atom is 0.335 e. The van der Waals surface area contributed by atoms with Crippen molar-refractivity contribution < 1.29 is 9.90 Å². The van der Waals surface area contributed by atoms with Crippen molar-refractivity contribution in [2.45, 2.75) is 26.7 Å². The Bertz CT molecular complexity index is 609. The number of aromatic nitrogens is 2. The fourth-order valence-electron chi connectivity index (χ4n) is 1.92. The van der Waals surface area contributed by atoms with Crippen molar-refractivity contribution in [3.8, 4) is 0 Å². The number of aromatic carboxylic acids is 1. The van der Waals surface area contributed by atoms with Gasteiger partial charge in [0.15, 0.2) is 0 Å². The van der Waals surface area contributed by atoms with Crippen LogP contribution in [0, 0.1) is 6.92 Å². The van der Waals surface area contributed by atoms with E-state index in [1.165, 1.54) is 0 Å². The topological polar surface area (TPSA) is 75.1 Å². The fraction of sp³-hybridized carbons (Fsp3) is 0.267. The molecule has 0 aliphatic rings. The van der Waals surface area contributed by atoms with Gasteiger partial charge in [-0.05, 0) is 37.6 Å². The Hall–Kier alpha value is -2.43. The summed E-state index contributed by atoms with van der Waals surface area (Å²) in [4.78, 5) is 19.5. The van der Waals surface area contributed by atoms with E-state index in [2.05, 4.69) is 22.2 Å². The molecule has 0 atom stereocenters. The van der Waals surface area contributed by atoms with Gasteiger partial charge in [0.25, 0.3) is 0 Å². The van der Waals surface area contributed by atoms with Crippen LogP contribution in [0.5, 0.6) is 0 Å². The average Bonchev–Trinajstić information content (AvgIpc) is 2.39. The molecule has 0 fully saturated rings. The van der Waals surface area contributed by atoms with Crippen LogP contribution in [0.4, 0.5) is 11.5 Å². The van der Waals surface area contributed by atoms with Gasteiger partial charge in [0.1, 0.15) is 11.6 Å². The maximum absolute atomic E-state index is 10.8. The monoisotopic (exact) mass is 271 g/mol. The molecule has 5 heteroatoms. The molecule has 0 radical (unpaired) electrons. The number of rotatable bonds is 5. The van der Waals surface area contributed by atoms with Crippen LogP contribution < -0.4 is 5.32 Å². The highest BCUT2D eigenvalue weighted by Crippen LogP contribution is 2.17. The molecule has 0 saturated heterocycles. The first-order valence-electron chi connectivity index (χ1n) is 6.53. The number of nitrogens with one attached hydrogen (secondary N) is 1. The van der Waals surface area contributed by atoms with Gasteiger partial charge in [0.2, 0.25) is 0 Å². The van der Waals surface area contributed by atoms with E-state index in [1.807, 2.05) is 13.0 Å². The zero-order valence-electron chi connectivity index (χ0n) is 11.6. The Balaban J connectivity index is 2.18. The van der Waals surface area contributed by atoms with Crippen molar-refractivity contribution in [2.75, 3.05) is 5.32 Å². The lowest BCUT2D eigenvalue weighted by atomic mass is 10.2. The Morgan fingerprint density at radius 3 is 2.55 bits per heavy atom. The third-order valence-electron chi connectivity index (χ3n) is 2.80. The lowest BCUT2D eigenvalue weighted by Gasteiger charge is -2.08. The second-order valence-corrected chi connectivity index (χ2v) is 4.55. The third-order valence-corrected chi connectivity index (χ3v) is 2.80. The lowest BCUT2D eigenvalue weighted by molar-refractivity contribution is 0.0697. The molecule has 5 nitrogen and oxygen atoms in total. The molecule has 2 aromatic rings. The normalized spacial score (nSPS) is 10.3. The highest BCUT2D eigenvalue weighted by Gasteiger charge is 2.04. The molecular formula is C15H17N3O2. The second kappa shape index (κ2) is 6.14. The molecule has 2 N–H and O–H groups in total. The summed E-state index contributed by atoms with van der Waals surface area (Å²) >= 11 is 0. The lowest BCUT2D eigenvalue weighted by Crippen LogP contribution is -2.01. The van der Waals surface area contributed by atoms with Crippen LogP contribution in [0.3, 0.4) is 0 Å². The van der Waals surface area contributed by atoms with E-state index in [9.17, 15) is 4.79 Å². The van der Waals surface area contributed by atoms with E-state index in [1.54, 1.807) is 24.3 Å². The molecule has 20 heavy (non-hydrogen) atoms. The molecule has 1 heterocycles. The minimum atomic E-state index is -0.931. The van der Waals surface area contributed by atoms with Crippen molar-refractivity contribution in [3.63, 3.8) is 0 Å². The number of hydrogen-bond acceptors (Lipinski definition) is 4. The number of aryl methyl sites for hydroxylation is 2. The van der Waals surface area contributed by atoms with Crippen LogP contribution in [-0.4, -0.2) is 21.0 Å². The standard InChI is InChI=1S/C15H17N3O2/c1-3-4-13-9-14(17-10(2)16-13)18-12-7-5-11(6-8-12)15(19)20/h5-9H,3-4H2,1-2H3,(H,19,20)(H,16,17,18). The Morgan fingerprint density at radius 1 is 1.25 bits per heavy atom. The highest BCUT2D eigenvalue weighted by atomic mass is 16.4. The largest absolute Gasteiger partial charge is 0.478 e. The van der Waals surface area contributed by atoms with Gasteiger partial charge in [0, 0.05) is 17.4 Å². The zero-order chi connectivity index (χ0) is 14.5. The van der Waals surface area contributed by atoms with E-state index < -0.39 is 5.97 Å². The molecule has 0 aliphatic carbocycles. The number of carbonyl (C=O) groups is 1. The van der Waals surface area contributed by atoms with Gasteiger partial charge in [0.05, 0.1) is 5.56 Å². The summed E-state index contributed by atoms with van der Waals surface area (Å²) in [6.07, 6.45) is 1.94. The van der Waals surface area contributed by atoms with E-state index in [4.69, 9.17) is 5.11 Å². The number of carboxylic acid groups (broad SMARTS) is 1. The molecule has 0 amide bonds.